The summed E-state index contributed by atoms with van der Waals surface area (Å²) in [7, 11) is 0. The van der Waals surface area contributed by atoms with Crippen LogP contribution in [0.1, 0.15) is 21.5 Å². The fourth-order valence-electron chi connectivity index (χ4n) is 2.51. The normalized spacial score (nSPS) is 12.6. The lowest BCUT2D eigenvalue weighted by Gasteiger charge is -2.15. The Labute approximate surface area is 146 Å². The molecule has 0 aliphatic carbocycles. The van der Waals surface area contributed by atoms with E-state index in [0.29, 0.717) is 0 Å². The summed E-state index contributed by atoms with van der Waals surface area (Å²) in [6.07, 6.45) is 0. The Hall–Kier alpha value is -0.830. The zero-order valence-electron chi connectivity index (χ0n) is 11.4. The van der Waals surface area contributed by atoms with Crippen LogP contribution in [0.15, 0.2) is 59.1 Å². The molecule has 3 aromatic rings. The first-order valence-electron chi connectivity index (χ1n) is 6.65. The molecule has 0 spiro atoms. The van der Waals surface area contributed by atoms with Crippen molar-refractivity contribution in [1.29, 1.82) is 0 Å². The summed E-state index contributed by atoms with van der Waals surface area (Å²) in [4.78, 5) is 0.145. The largest absolute Gasteiger partial charge is 0.0837 e. The molecular weight excluding hydrogens is 411 g/mol. The van der Waals surface area contributed by atoms with E-state index in [2.05, 4.69) is 81.2 Å². The smallest absolute Gasteiger partial charge is 0.0650 e. The van der Waals surface area contributed by atoms with E-state index in [1.807, 2.05) is 12.1 Å². The lowest BCUT2D eigenvalue weighted by molar-refractivity contribution is 1.18. The topological polar surface area (TPSA) is 0 Å². The Kier molecular flexibility index (Phi) is 4.39. The molecule has 0 heterocycles. The van der Waals surface area contributed by atoms with E-state index in [9.17, 15) is 0 Å². The van der Waals surface area contributed by atoms with Gasteiger partial charge in [-0.25, -0.2) is 0 Å². The molecule has 3 heteroatoms. The van der Waals surface area contributed by atoms with Gasteiger partial charge in [0.25, 0.3) is 0 Å². The van der Waals surface area contributed by atoms with Gasteiger partial charge < -0.3 is 0 Å². The minimum absolute atomic E-state index is 0.145. The SMILES string of the molecule is Cc1cc(C(Br)c2ccc(Cl)c3ccccc23)ccc1Br. The minimum Gasteiger partial charge on any atom is -0.0837 e. The van der Waals surface area contributed by atoms with Crippen molar-refractivity contribution in [3.8, 4) is 0 Å². The second kappa shape index (κ2) is 6.12. The number of hydrogen-bond donors (Lipinski definition) is 0. The Morgan fingerprint density at radius 3 is 2.38 bits per heavy atom. The van der Waals surface area contributed by atoms with Gasteiger partial charge in [-0.1, -0.05) is 85.9 Å². The van der Waals surface area contributed by atoms with Crippen LogP contribution in [0.3, 0.4) is 0 Å². The molecule has 106 valence electrons. The Bertz CT molecular complexity index is 811. The van der Waals surface area contributed by atoms with Crippen LogP contribution in [-0.2, 0) is 0 Å². The van der Waals surface area contributed by atoms with Crippen LogP contribution >= 0.6 is 43.5 Å². The van der Waals surface area contributed by atoms with Crippen LogP contribution in [0.4, 0.5) is 0 Å². The quantitative estimate of drug-likeness (QED) is 0.387. The maximum atomic E-state index is 6.30. The number of hydrogen-bond acceptors (Lipinski definition) is 0. The van der Waals surface area contributed by atoms with Crippen molar-refractivity contribution in [1.82, 2.24) is 0 Å². The maximum absolute atomic E-state index is 6.30. The average Bonchev–Trinajstić information content (AvgIpc) is 2.50. The van der Waals surface area contributed by atoms with E-state index in [-0.39, 0.29) is 4.83 Å². The Balaban J connectivity index is 2.15. The van der Waals surface area contributed by atoms with Gasteiger partial charge in [-0.15, -0.1) is 0 Å². The van der Waals surface area contributed by atoms with Gasteiger partial charge in [-0.2, -0.15) is 0 Å². The zero-order chi connectivity index (χ0) is 15.0. The molecule has 0 N–H and O–H groups in total. The standard InChI is InChI=1S/C18H13Br2Cl/c1-11-10-12(6-8-16(11)19)18(20)15-7-9-17(21)14-5-3-2-4-13(14)15/h2-10,18H,1H3. The minimum atomic E-state index is 0.145. The second-order valence-electron chi connectivity index (χ2n) is 5.05. The first-order valence-corrected chi connectivity index (χ1v) is 8.74. The van der Waals surface area contributed by atoms with Gasteiger partial charge in [0.05, 0.1) is 4.83 Å². The monoisotopic (exact) mass is 422 g/mol. The van der Waals surface area contributed by atoms with E-state index in [4.69, 9.17) is 11.6 Å². The lowest BCUT2D eigenvalue weighted by Crippen LogP contribution is -1.95. The van der Waals surface area contributed by atoms with Crippen molar-refractivity contribution < 1.29 is 0 Å². The summed E-state index contributed by atoms with van der Waals surface area (Å²) in [5.74, 6) is 0. The lowest BCUT2D eigenvalue weighted by atomic mass is 9.97. The molecule has 0 bridgehead atoms. The van der Waals surface area contributed by atoms with Gasteiger partial charge in [0.2, 0.25) is 0 Å². The van der Waals surface area contributed by atoms with Gasteiger partial charge in [-0.3, -0.25) is 0 Å². The second-order valence-corrected chi connectivity index (χ2v) is 7.23. The molecule has 1 unspecified atom stereocenters. The molecule has 0 fully saturated rings. The number of benzene rings is 3. The van der Waals surface area contributed by atoms with Crippen LogP contribution < -0.4 is 0 Å². The van der Waals surface area contributed by atoms with Crippen LogP contribution in [0.5, 0.6) is 0 Å². The fourth-order valence-corrected chi connectivity index (χ4v) is 3.67. The highest BCUT2D eigenvalue weighted by atomic mass is 79.9. The third kappa shape index (κ3) is 2.90. The van der Waals surface area contributed by atoms with Crippen LogP contribution in [0, 0.1) is 6.92 Å². The average molecular weight is 425 g/mol. The summed E-state index contributed by atoms with van der Waals surface area (Å²) < 4.78 is 1.13. The van der Waals surface area contributed by atoms with Crippen molar-refractivity contribution in [2.75, 3.05) is 0 Å². The van der Waals surface area contributed by atoms with E-state index >= 15 is 0 Å². The number of rotatable bonds is 2. The van der Waals surface area contributed by atoms with Crippen molar-refractivity contribution >= 4 is 54.2 Å². The van der Waals surface area contributed by atoms with Gasteiger partial charge in [0.15, 0.2) is 0 Å². The molecule has 0 aromatic heterocycles. The maximum Gasteiger partial charge on any atom is 0.0650 e. The molecule has 0 amide bonds. The third-order valence-electron chi connectivity index (χ3n) is 3.65. The highest BCUT2D eigenvalue weighted by Gasteiger charge is 2.15. The summed E-state index contributed by atoms with van der Waals surface area (Å²) >= 11 is 13.7. The Morgan fingerprint density at radius 2 is 1.67 bits per heavy atom. The summed E-state index contributed by atoms with van der Waals surface area (Å²) in [6.45, 7) is 2.10. The van der Waals surface area contributed by atoms with Crippen LogP contribution in [-0.4, -0.2) is 0 Å². The molecule has 3 rings (SSSR count). The van der Waals surface area contributed by atoms with E-state index in [0.717, 1.165) is 14.9 Å². The Morgan fingerprint density at radius 1 is 0.952 bits per heavy atom. The number of halogens is 3. The number of fused-ring (bicyclic) bond motifs is 1. The van der Waals surface area contributed by atoms with Gasteiger partial charge in [0, 0.05) is 14.9 Å². The summed E-state index contributed by atoms with van der Waals surface area (Å²) in [5.41, 5.74) is 3.70. The highest BCUT2D eigenvalue weighted by molar-refractivity contribution is 9.10. The molecule has 0 saturated heterocycles. The number of alkyl halides is 1. The highest BCUT2D eigenvalue weighted by Crippen LogP contribution is 2.38. The van der Waals surface area contributed by atoms with E-state index in [1.54, 1.807) is 0 Å². The van der Waals surface area contributed by atoms with Crippen molar-refractivity contribution in [3.05, 3.63) is 80.8 Å². The van der Waals surface area contributed by atoms with Gasteiger partial charge >= 0.3 is 0 Å². The van der Waals surface area contributed by atoms with E-state index < -0.39 is 0 Å². The molecule has 0 aliphatic rings. The molecule has 0 nitrogen and oxygen atoms in total. The molecule has 21 heavy (non-hydrogen) atoms. The van der Waals surface area contributed by atoms with Crippen LogP contribution in [0.2, 0.25) is 5.02 Å². The number of aryl methyl sites for hydroxylation is 1. The van der Waals surface area contributed by atoms with Gasteiger partial charge in [0.1, 0.15) is 0 Å². The zero-order valence-corrected chi connectivity index (χ0v) is 15.3. The van der Waals surface area contributed by atoms with E-state index in [1.165, 1.54) is 22.1 Å². The predicted molar refractivity (Wildman–Crippen MR) is 98.6 cm³/mol. The molecule has 0 aliphatic heterocycles. The molecule has 0 radical (unpaired) electrons. The third-order valence-corrected chi connectivity index (χ3v) is 5.89. The summed E-state index contributed by atoms with van der Waals surface area (Å²) in [5, 5.41) is 3.07. The molecular formula is C18H13Br2Cl. The van der Waals surface area contributed by atoms with Gasteiger partial charge in [-0.05, 0) is 41.1 Å². The molecule has 1 atom stereocenters. The van der Waals surface area contributed by atoms with Crippen molar-refractivity contribution in [3.63, 3.8) is 0 Å². The van der Waals surface area contributed by atoms with Crippen molar-refractivity contribution in [2.45, 2.75) is 11.8 Å². The van der Waals surface area contributed by atoms with Crippen LogP contribution in [0.25, 0.3) is 10.8 Å². The first-order chi connectivity index (χ1) is 10.1. The summed E-state index contributed by atoms with van der Waals surface area (Å²) in [6, 6.07) is 18.8. The predicted octanol–water partition coefficient (Wildman–Crippen LogP) is 7.05. The fraction of sp³-hybridized carbons (Fsp3) is 0.111. The van der Waals surface area contributed by atoms with Crippen molar-refractivity contribution in [2.24, 2.45) is 0 Å². The molecule has 3 aromatic carbocycles. The first kappa shape index (κ1) is 15.1. The molecule has 0 saturated carbocycles.